The standard InChI is InChI=1S/C19H18N4O4S/c24-17(20-11-5-8-14-6-2-1-3-7-14)13-28-19-22-21-18(27-19)15-9-4-10-16(12-15)23(25)26/h1-4,6-7,9-10,12H,5,8,11,13H2,(H,20,24). The number of thioether (sulfide) groups is 1. The van der Waals surface area contributed by atoms with Crippen molar-refractivity contribution >= 4 is 23.4 Å². The lowest BCUT2D eigenvalue weighted by atomic mass is 10.1. The molecule has 28 heavy (non-hydrogen) atoms. The van der Waals surface area contributed by atoms with Crippen molar-refractivity contribution in [1.82, 2.24) is 15.5 Å². The van der Waals surface area contributed by atoms with Gasteiger partial charge in [-0.05, 0) is 24.5 Å². The number of rotatable bonds is 9. The largest absolute Gasteiger partial charge is 0.411 e. The fourth-order valence-corrected chi connectivity index (χ4v) is 3.07. The molecule has 0 unspecified atom stereocenters. The van der Waals surface area contributed by atoms with Crippen molar-refractivity contribution in [3.8, 4) is 11.5 Å². The van der Waals surface area contributed by atoms with E-state index in [0.29, 0.717) is 12.1 Å². The molecule has 0 atom stereocenters. The van der Waals surface area contributed by atoms with Crippen LogP contribution in [-0.4, -0.2) is 33.3 Å². The van der Waals surface area contributed by atoms with E-state index >= 15 is 0 Å². The Hall–Kier alpha value is -3.20. The molecule has 3 rings (SSSR count). The molecule has 0 aliphatic rings. The third-order valence-corrected chi connectivity index (χ3v) is 4.66. The van der Waals surface area contributed by atoms with Gasteiger partial charge in [0.1, 0.15) is 0 Å². The molecule has 3 aromatic rings. The number of non-ortho nitro benzene ring substituents is 1. The van der Waals surface area contributed by atoms with Gasteiger partial charge in [-0.25, -0.2) is 0 Å². The monoisotopic (exact) mass is 398 g/mol. The van der Waals surface area contributed by atoms with Gasteiger partial charge in [0.25, 0.3) is 10.9 Å². The smallest absolute Gasteiger partial charge is 0.277 e. The Kier molecular flexibility index (Phi) is 6.74. The molecule has 1 amide bonds. The Labute approximate surface area is 165 Å². The summed E-state index contributed by atoms with van der Waals surface area (Å²) in [6, 6.07) is 16.0. The zero-order valence-electron chi connectivity index (χ0n) is 14.9. The van der Waals surface area contributed by atoms with Gasteiger partial charge in [0.15, 0.2) is 0 Å². The van der Waals surface area contributed by atoms with E-state index in [1.165, 1.54) is 17.7 Å². The van der Waals surface area contributed by atoms with Gasteiger partial charge in [-0.2, -0.15) is 0 Å². The Bertz CT molecular complexity index is 946. The number of nitrogens with zero attached hydrogens (tertiary/aromatic N) is 3. The SMILES string of the molecule is O=C(CSc1nnc(-c2cccc([N+](=O)[O-])c2)o1)NCCCc1ccccc1. The van der Waals surface area contributed by atoms with Crippen LogP contribution in [0, 0.1) is 10.1 Å². The maximum absolute atomic E-state index is 11.9. The first-order chi connectivity index (χ1) is 13.6. The second kappa shape index (κ2) is 9.65. The summed E-state index contributed by atoms with van der Waals surface area (Å²) in [5, 5.41) is 21.7. The molecule has 1 aromatic heterocycles. The first-order valence-electron chi connectivity index (χ1n) is 8.63. The second-order valence-electron chi connectivity index (χ2n) is 5.91. The zero-order chi connectivity index (χ0) is 19.8. The lowest BCUT2D eigenvalue weighted by Crippen LogP contribution is -2.26. The zero-order valence-corrected chi connectivity index (χ0v) is 15.7. The minimum Gasteiger partial charge on any atom is -0.411 e. The van der Waals surface area contributed by atoms with Crippen molar-refractivity contribution in [3.05, 3.63) is 70.3 Å². The molecule has 1 N–H and O–H groups in total. The fourth-order valence-electron chi connectivity index (χ4n) is 2.48. The van der Waals surface area contributed by atoms with Gasteiger partial charge in [0.05, 0.1) is 10.7 Å². The maximum atomic E-state index is 11.9. The first-order valence-corrected chi connectivity index (χ1v) is 9.62. The Balaban J connectivity index is 1.43. The Morgan fingerprint density at radius 3 is 2.75 bits per heavy atom. The summed E-state index contributed by atoms with van der Waals surface area (Å²) >= 11 is 1.12. The summed E-state index contributed by atoms with van der Waals surface area (Å²) in [5.41, 5.74) is 1.64. The number of nitro benzene ring substituents is 1. The van der Waals surface area contributed by atoms with Crippen LogP contribution in [-0.2, 0) is 11.2 Å². The van der Waals surface area contributed by atoms with Gasteiger partial charge in [0.2, 0.25) is 11.8 Å². The van der Waals surface area contributed by atoms with Crippen LogP contribution in [0.4, 0.5) is 5.69 Å². The van der Waals surface area contributed by atoms with Crippen molar-refractivity contribution in [2.75, 3.05) is 12.3 Å². The van der Waals surface area contributed by atoms with E-state index in [2.05, 4.69) is 27.6 Å². The highest BCUT2D eigenvalue weighted by Crippen LogP contribution is 2.25. The summed E-state index contributed by atoms with van der Waals surface area (Å²) in [5.74, 6) is 0.213. The van der Waals surface area contributed by atoms with Crippen molar-refractivity contribution < 1.29 is 14.1 Å². The molecule has 0 bridgehead atoms. The molecule has 0 fully saturated rings. The molecule has 0 saturated carbocycles. The van der Waals surface area contributed by atoms with Crippen LogP contribution in [0.1, 0.15) is 12.0 Å². The molecular weight excluding hydrogens is 380 g/mol. The molecule has 0 radical (unpaired) electrons. The quantitative estimate of drug-likeness (QED) is 0.254. The maximum Gasteiger partial charge on any atom is 0.277 e. The number of hydrogen-bond donors (Lipinski definition) is 1. The fraction of sp³-hybridized carbons (Fsp3) is 0.211. The highest BCUT2D eigenvalue weighted by molar-refractivity contribution is 7.99. The van der Waals surface area contributed by atoms with Crippen molar-refractivity contribution in [3.63, 3.8) is 0 Å². The van der Waals surface area contributed by atoms with E-state index in [9.17, 15) is 14.9 Å². The molecule has 2 aromatic carbocycles. The van der Waals surface area contributed by atoms with Crippen LogP contribution in [0.5, 0.6) is 0 Å². The van der Waals surface area contributed by atoms with E-state index in [0.717, 1.165) is 24.6 Å². The van der Waals surface area contributed by atoms with Gasteiger partial charge >= 0.3 is 0 Å². The van der Waals surface area contributed by atoms with Crippen molar-refractivity contribution in [1.29, 1.82) is 0 Å². The molecule has 9 heteroatoms. The van der Waals surface area contributed by atoms with E-state index in [1.807, 2.05) is 18.2 Å². The van der Waals surface area contributed by atoms with E-state index in [-0.39, 0.29) is 28.5 Å². The van der Waals surface area contributed by atoms with Crippen LogP contribution in [0.15, 0.2) is 64.2 Å². The number of carbonyl (C=O) groups excluding carboxylic acids is 1. The number of nitro groups is 1. The molecule has 144 valence electrons. The molecule has 0 spiro atoms. The number of benzene rings is 2. The summed E-state index contributed by atoms with van der Waals surface area (Å²) in [6.45, 7) is 0.594. The van der Waals surface area contributed by atoms with Crippen LogP contribution in [0.3, 0.4) is 0 Å². The van der Waals surface area contributed by atoms with Crippen molar-refractivity contribution in [2.24, 2.45) is 0 Å². The number of nitrogens with one attached hydrogen (secondary N) is 1. The number of carbonyl (C=O) groups is 1. The summed E-state index contributed by atoms with van der Waals surface area (Å²) in [4.78, 5) is 22.3. The lowest BCUT2D eigenvalue weighted by Gasteiger charge is -2.04. The summed E-state index contributed by atoms with van der Waals surface area (Å²) in [7, 11) is 0. The van der Waals surface area contributed by atoms with Gasteiger partial charge in [-0.1, -0.05) is 48.2 Å². The first kappa shape index (κ1) is 19.6. The molecule has 0 saturated heterocycles. The van der Waals surface area contributed by atoms with E-state index < -0.39 is 4.92 Å². The highest BCUT2D eigenvalue weighted by atomic mass is 32.2. The van der Waals surface area contributed by atoms with Crippen molar-refractivity contribution in [2.45, 2.75) is 18.1 Å². The summed E-state index contributed by atoms with van der Waals surface area (Å²) < 4.78 is 5.48. The van der Waals surface area contributed by atoms with E-state index in [4.69, 9.17) is 4.42 Å². The average molecular weight is 398 g/mol. The summed E-state index contributed by atoms with van der Waals surface area (Å²) in [6.07, 6.45) is 1.77. The predicted molar refractivity (Wildman–Crippen MR) is 105 cm³/mol. The molecule has 0 aliphatic carbocycles. The minimum absolute atomic E-state index is 0.0558. The number of aryl methyl sites for hydroxylation is 1. The lowest BCUT2D eigenvalue weighted by molar-refractivity contribution is -0.384. The van der Waals surface area contributed by atoms with Gasteiger partial charge < -0.3 is 9.73 Å². The molecular formula is C19H18N4O4S. The Morgan fingerprint density at radius 1 is 1.14 bits per heavy atom. The molecule has 0 aliphatic heterocycles. The molecule has 8 nitrogen and oxygen atoms in total. The highest BCUT2D eigenvalue weighted by Gasteiger charge is 2.14. The van der Waals surface area contributed by atoms with Gasteiger partial charge in [-0.3, -0.25) is 14.9 Å². The van der Waals surface area contributed by atoms with Crippen LogP contribution >= 0.6 is 11.8 Å². The van der Waals surface area contributed by atoms with E-state index in [1.54, 1.807) is 12.1 Å². The number of hydrogen-bond acceptors (Lipinski definition) is 7. The second-order valence-corrected chi connectivity index (χ2v) is 6.83. The Morgan fingerprint density at radius 2 is 1.96 bits per heavy atom. The number of amides is 1. The predicted octanol–water partition coefficient (Wildman–Crippen LogP) is 3.49. The van der Waals surface area contributed by atoms with Crippen LogP contribution in [0.2, 0.25) is 0 Å². The van der Waals surface area contributed by atoms with Crippen LogP contribution in [0.25, 0.3) is 11.5 Å². The third-order valence-electron chi connectivity index (χ3n) is 3.84. The normalized spacial score (nSPS) is 10.6. The average Bonchev–Trinajstić information content (AvgIpc) is 3.20. The minimum atomic E-state index is -0.488. The topological polar surface area (TPSA) is 111 Å². The van der Waals surface area contributed by atoms with Crippen LogP contribution < -0.4 is 5.32 Å². The molecule has 1 heterocycles. The number of aromatic nitrogens is 2. The third kappa shape index (κ3) is 5.65. The van der Waals surface area contributed by atoms with Gasteiger partial charge in [-0.15, -0.1) is 10.2 Å². The van der Waals surface area contributed by atoms with Gasteiger partial charge in [0, 0.05) is 24.2 Å².